The van der Waals surface area contributed by atoms with Crippen LogP contribution >= 0.6 is 0 Å². The Labute approximate surface area is 135 Å². The van der Waals surface area contributed by atoms with Gasteiger partial charge in [-0.25, -0.2) is 4.98 Å². The highest BCUT2D eigenvalue weighted by molar-refractivity contribution is 5.94. The van der Waals surface area contributed by atoms with E-state index in [1.54, 1.807) is 17.3 Å². The quantitative estimate of drug-likeness (QED) is 0.744. The predicted molar refractivity (Wildman–Crippen MR) is 89.6 cm³/mol. The minimum atomic E-state index is -0.00495. The second-order valence-electron chi connectivity index (χ2n) is 5.81. The van der Waals surface area contributed by atoms with E-state index in [0.29, 0.717) is 12.2 Å². The lowest BCUT2D eigenvalue weighted by Crippen LogP contribution is -2.30. The van der Waals surface area contributed by atoms with Gasteiger partial charge in [0.25, 0.3) is 5.91 Å². The van der Waals surface area contributed by atoms with Crippen LogP contribution in [-0.4, -0.2) is 38.8 Å². The number of fused-ring (bicyclic) bond motifs is 1. The number of carbonyl (C=O) groups excluding carboxylic acids is 1. The molecule has 5 nitrogen and oxygen atoms in total. The molecule has 0 bridgehead atoms. The van der Waals surface area contributed by atoms with Crippen molar-refractivity contribution < 1.29 is 4.79 Å². The van der Waals surface area contributed by atoms with Crippen molar-refractivity contribution in [1.82, 2.24) is 19.3 Å². The van der Waals surface area contributed by atoms with Crippen LogP contribution in [0.2, 0.25) is 0 Å². The lowest BCUT2D eigenvalue weighted by Gasteiger charge is -2.17. The summed E-state index contributed by atoms with van der Waals surface area (Å²) in [6, 6.07) is 7.89. The summed E-state index contributed by atoms with van der Waals surface area (Å²) in [5, 5.41) is 0. The third-order valence-corrected chi connectivity index (χ3v) is 3.98. The van der Waals surface area contributed by atoms with Gasteiger partial charge in [0.2, 0.25) is 0 Å². The van der Waals surface area contributed by atoms with E-state index in [1.807, 2.05) is 55.8 Å². The van der Waals surface area contributed by atoms with Crippen molar-refractivity contribution in [1.29, 1.82) is 0 Å². The summed E-state index contributed by atoms with van der Waals surface area (Å²) in [5.41, 5.74) is 4.48. The molecule has 0 N–H and O–H groups in total. The zero-order valence-corrected chi connectivity index (χ0v) is 13.7. The van der Waals surface area contributed by atoms with Gasteiger partial charge < -0.3 is 4.90 Å². The summed E-state index contributed by atoms with van der Waals surface area (Å²) in [6.45, 7) is 4.55. The van der Waals surface area contributed by atoms with E-state index >= 15 is 0 Å². The molecule has 3 rings (SSSR count). The molecule has 0 aliphatic carbocycles. The van der Waals surface area contributed by atoms with Crippen LogP contribution in [0, 0.1) is 13.8 Å². The van der Waals surface area contributed by atoms with Crippen molar-refractivity contribution in [2.24, 2.45) is 0 Å². The van der Waals surface area contributed by atoms with Crippen molar-refractivity contribution >= 4 is 11.6 Å². The Morgan fingerprint density at radius 2 is 1.91 bits per heavy atom. The predicted octanol–water partition coefficient (Wildman–Crippen LogP) is 2.66. The number of pyridine rings is 2. The van der Waals surface area contributed by atoms with Crippen LogP contribution in [0.1, 0.15) is 27.3 Å². The molecule has 0 aliphatic rings. The van der Waals surface area contributed by atoms with E-state index in [9.17, 15) is 4.79 Å². The smallest absolute Gasteiger partial charge is 0.272 e. The van der Waals surface area contributed by atoms with Crippen molar-refractivity contribution in [3.8, 4) is 0 Å². The highest BCUT2D eigenvalue weighted by Gasteiger charge is 2.20. The van der Waals surface area contributed by atoms with Crippen molar-refractivity contribution in [2.75, 3.05) is 13.6 Å². The third-order valence-electron chi connectivity index (χ3n) is 3.98. The van der Waals surface area contributed by atoms with E-state index in [2.05, 4.69) is 9.97 Å². The lowest BCUT2D eigenvalue weighted by molar-refractivity contribution is 0.0789. The minimum Gasteiger partial charge on any atom is -0.340 e. The van der Waals surface area contributed by atoms with E-state index in [4.69, 9.17) is 0 Å². The maximum atomic E-state index is 12.8. The van der Waals surface area contributed by atoms with Gasteiger partial charge in [-0.2, -0.15) is 0 Å². The zero-order chi connectivity index (χ0) is 16.4. The van der Waals surface area contributed by atoms with Gasteiger partial charge in [0.1, 0.15) is 11.3 Å². The van der Waals surface area contributed by atoms with Gasteiger partial charge in [-0.05, 0) is 49.6 Å². The SMILES string of the molecule is Cc1ccc2nc(C)c(C(=O)N(C)CCc3ccncc3)n2c1. The first-order valence-corrected chi connectivity index (χ1v) is 7.66. The maximum absolute atomic E-state index is 12.8. The number of nitrogens with zero attached hydrogens (tertiary/aromatic N) is 4. The minimum absolute atomic E-state index is 0.00495. The highest BCUT2D eigenvalue weighted by Crippen LogP contribution is 2.15. The highest BCUT2D eigenvalue weighted by atomic mass is 16.2. The van der Waals surface area contributed by atoms with Gasteiger partial charge in [0.15, 0.2) is 0 Å². The van der Waals surface area contributed by atoms with E-state index in [1.165, 1.54) is 5.56 Å². The molecule has 0 saturated carbocycles. The molecule has 0 spiro atoms. The topological polar surface area (TPSA) is 50.5 Å². The summed E-state index contributed by atoms with van der Waals surface area (Å²) < 4.78 is 1.88. The normalized spacial score (nSPS) is 10.9. The Bertz CT molecular complexity index is 839. The molecule has 0 atom stereocenters. The maximum Gasteiger partial charge on any atom is 0.272 e. The van der Waals surface area contributed by atoms with E-state index < -0.39 is 0 Å². The molecule has 1 amide bonds. The van der Waals surface area contributed by atoms with Crippen LogP contribution < -0.4 is 0 Å². The molecule has 0 fully saturated rings. The zero-order valence-electron chi connectivity index (χ0n) is 13.7. The number of aromatic nitrogens is 3. The number of imidazole rings is 1. The van der Waals surface area contributed by atoms with E-state index in [0.717, 1.165) is 23.3 Å². The van der Waals surface area contributed by atoms with Crippen LogP contribution in [-0.2, 0) is 6.42 Å². The van der Waals surface area contributed by atoms with Gasteiger partial charge in [-0.3, -0.25) is 14.2 Å². The average Bonchev–Trinajstić information content (AvgIpc) is 2.88. The molecule has 3 aromatic rings. The molecular weight excluding hydrogens is 288 g/mol. The second kappa shape index (κ2) is 6.20. The Morgan fingerprint density at radius 1 is 1.17 bits per heavy atom. The van der Waals surface area contributed by atoms with Crippen molar-refractivity contribution in [2.45, 2.75) is 20.3 Å². The Balaban J connectivity index is 1.82. The number of aryl methyl sites for hydroxylation is 2. The van der Waals surface area contributed by atoms with Crippen LogP contribution in [0.5, 0.6) is 0 Å². The molecule has 5 heteroatoms. The number of amides is 1. The van der Waals surface area contributed by atoms with Gasteiger partial charge in [0, 0.05) is 32.2 Å². The lowest BCUT2D eigenvalue weighted by atomic mass is 10.2. The van der Waals surface area contributed by atoms with Crippen molar-refractivity contribution in [3.63, 3.8) is 0 Å². The fourth-order valence-corrected chi connectivity index (χ4v) is 2.65. The second-order valence-corrected chi connectivity index (χ2v) is 5.81. The fraction of sp³-hybridized carbons (Fsp3) is 0.278. The number of hydrogen-bond acceptors (Lipinski definition) is 3. The molecule has 0 aromatic carbocycles. The summed E-state index contributed by atoms with van der Waals surface area (Å²) in [7, 11) is 1.83. The average molecular weight is 308 g/mol. The van der Waals surface area contributed by atoms with E-state index in [-0.39, 0.29) is 5.91 Å². The largest absolute Gasteiger partial charge is 0.340 e. The molecule has 0 radical (unpaired) electrons. The summed E-state index contributed by atoms with van der Waals surface area (Å²) in [6.07, 6.45) is 6.31. The summed E-state index contributed by atoms with van der Waals surface area (Å²) >= 11 is 0. The number of carbonyl (C=O) groups is 1. The van der Waals surface area contributed by atoms with Gasteiger partial charge >= 0.3 is 0 Å². The summed E-state index contributed by atoms with van der Waals surface area (Å²) in [5.74, 6) is -0.00495. The van der Waals surface area contributed by atoms with Gasteiger partial charge in [-0.1, -0.05) is 6.07 Å². The molecule has 23 heavy (non-hydrogen) atoms. The number of rotatable bonds is 4. The molecule has 3 heterocycles. The molecule has 0 aliphatic heterocycles. The van der Waals surface area contributed by atoms with Crippen LogP contribution in [0.4, 0.5) is 0 Å². The van der Waals surface area contributed by atoms with Crippen molar-refractivity contribution in [3.05, 3.63) is 65.4 Å². The van der Waals surface area contributed by atoms with Crippen LogP contribution in [0.15, 0.2) is 42.9 Å². The molecule has 118 valence electrons. The van der Waals surface area contributed by atoms with Crippen LogP contribution in [0.3, 0.4) is 0 Å². The molecule has 0 saturated heterocycles. The molecule has 3 aromatic heterocycles. The monoisotopic (exact) mass is 308 g/mol. The molecular formula is C18H20N4O. The Morgan fingerprint density at radius 3 is 2.65 bits per heavy atom. The standard InChI is InChI=1S/C18H20N4O/c1-13-4-5-16-20-14(2)17(22(16)12-13)18(23)21(3)11-8-15-6-9-19-10-7-15/h4-7,9-10,12H,8,11H2,1-3H3. The molecule has 0 unspecified atom stereocenters. The fourth-order valence-electron chi connectivity index (χ4n) is 2.65. The number of likely N-dealkylation sites (N-methyl/N-ethyl adjacent to an activating group) is 1. The third kappa shape index (κ3) is 3.08. The van der Waals surface area contributed by atoms with Gasteiger partial charge in [0.05, 0.1) is 5.69 Å². The Hall–Kier alpha value is -2.69. The number of hydrogen-bond donors (Lipinski definition) is 0. The Kier molecular flexibility index (Phi) is 4.10. The first-order valence-electron chi connectivity index (χ1n) is 7.66. The van der Waals surface area contributed by atoms with Crippen LogP contribution in [0.25, 0.3) is 5.65 Å². The first kappa shape index (κ1) is 15.2. The van der Waals surface area contributed by atoms with Gasteiger partial charge in [-0.15, -0.1) is 0 Å². The summed E-state index contributed by atoms with van der Waals surface area (Å²) in [4.78, 5) is 23.1. The first-order chi connectivity index (χ1) is 11.1.